The normalized spacial score (nSPS) is 16.8. The van der Waals surface area contributed by atoms with E-state index in [9.17, 15) is 4.79 Å². The fourth-order valence-corrected chi connectivity index (χ4v) is 2.67. The quantitative estimate of drug-likeness (QED) is 0.851. The molecule has 0 aromatic heterocycles. The number of hydrogen-bond donors (Lipinski definition) is 1. The van der Waals surface area contributed by atoms with Crippen LogP contribution in [0.1, 0.15) is 27.9 Å². The number of ether oxygens (including phenoxy) is 1. The molecule has 1 aromatic carbocycles. The molecule has 4 heteroatoms. The second-order valence-electron chi connectivity index (χ2n) is 5.37. The Balaban J connectivity index is 2.10. The number of rotatable bonds is 4. The molecule has 20 heavy (non-hydrogen) atoms. The Morgan fingerprint density at radius 1 is 1.25 bits per heavy atom. The van der Waals surface area contributed by atoms with Gasteiger partial charge in [-0.3, -0.25) is 9.69 Å². The summed E-state index contributed by atoms with van der Waals surface area (Å²) in [5, 5.41) is 3.36. The van der Waals surface area contributed by atoms with E-state index in [1.54, 1.807) is 7.11 Å². The lowest BCUT2D eigenvalue weighted by Crippen LogP contribution is -2.33. The van der Waals surface area contributed by atoms with Crippen LogP contribution in [0.2, 0.25) is 0 Å². The second-order valence-corrected chi connectivity index (χ2v) is 5.37. The molecule has 4 nitrogen and oxygen atoms in total. The van der Waals surface area contributed by atoms with Gasteiger partial charge in [-0.1, -0.05) is 0 Å². The largest absolute Gasteiger partial charge is 0.496 e. The van der Waals surface area contributed by atoms with Crippen LogP contribution >= 0.6 is 0 Å². The molecule has 1 aromatic rings. The van der Waals surface area contributed by atoms with E-state index in [1.807, 2.05) is 26.0 Å². The molecule has 0 unspecified atom stereocenters. The average molecular weight is 276 g/mol. The third kappa shape index (κ3) is 3.38. The van der Waals surface area contributed by atoms with Crippen LogP contribution in [0.25, 0.3) is 0 Å². The molecule has 0 spiro atoms. The van der Waals surface area contributed by atoms with E-state index in [1.165, 1.54) is 0 Å². The van der Waals surface area contributed by atoms with Crippen LogP contribution in [0.15, 0.2) is 12.1 Å². The van der Waals surface area contributed by atoms with Gasteiger partial charge in [-0.2, -0.15) is 0 Å². The van der Waals surface area contributed by atoms with E-state index in [-0.39, 0.29) is 5.78 Å². The number of nitrogens with zero attached hydrogens (tertiary/aromatic N) is 1. The van der Waals surface area contributed by atoms with Gasteiger partial charge in [-0.05, 0) is 56.6 Å². The van der Waals surface area contributed by atoms with Crippen molar-refractivity contribution < 1.29 is 9.53 Å². The molecular weight excluding hydrogens is 252 g/mol. The van der Waals surface area contributed by atoms with Crippen molar-refractivity contribution in [2.75, 3.05) is 39.8 Å². The van der Waals surface area contributed by atoms with Crippen molar-refractivity contribution in [1.29, 1.82) is 0 Å². The second kappa shape index (κ2) is 6.86. The first kappa shape index (κ1) is 15.0. The van der Waals surface area contributed by atoms with Crippen LogP contribution in [0.5, 0.6) is 5.75 Å². The van der Waals surface area contributed by atoms with E-state index < -0.39 is 0 Å². The van der Waals surface area contributed by atoms with Crippen molar-refractivity contribution in [3.05, 3.63) is 28.8 Å². The smallest absolute Gasteiger partial charge is 0.177 e. The van der Waals surface area contributed by atoms with Gasteiger partial charge in [0, 0.05) is 18.7 Å². The summed E-state index contributed by atoms with van der Waals surface area (Å²) in [7, 11) is 1.66. The van der Waals surface area contributed by atoms with Gasteiger partial charge in [0.2, 0.25) is 0 Å². The zero-order chi connectivity index (χ0) is 14.5. The predicted octanol–water partition coefficient (Wildman–Crippen LogP) is 1.79. The van der Waals surface area contributed by atoms with Crippen LogP contribution in [-0.2, 0) is 0 Å². The monoisotopic (exact) mass is 276 g/mol. The van der Waals surface area contributed by atoms with Crippen molar-refractivity contribution in [2.24, 2.45) is 0 Å². The highest BCUT2D eigenvalue weighted by atomic mass is 16.5. The lowest BCUT2D eigenvalue weighted by Gasteiger charge is -2.19. The van der Waals surface area contributed by atoms with Crippen molar-refractivity contribution in [3.63, 3.8) is 0 Å². The van der Waals surface area contributed by atoms with Gasteiger partial charge in [0.25, 0.3) is 0 Å². The van der Waals surface area contributed by atoms with E-state index in [0.717, 1.165) is 55.0 Å². The highest BCUT2D eigenvalue weighted by Gasteiger charge is 2.17. The van der Waals surface area contributed by atoms with E-state index in [2.05, 4.69) is 10.2 Å². The zero-order valence-electron chi connectivity index (χ0n) is 12.7. The molecule has 1 saturated heterocycles. The van der Waals surface area contributed by atoms with Crippen LogP contribution in [0.4, 0.5) is 0 Å². The van der Waals surface area contributed by atoms with Gasteiger partial charge in [-0.25, -0.2) is 0 Å². The number of Topliss-reactive ketones (excluding diaryl/α,β-unsaturated/α-hetero) is 1. The lowest BCUT2D eigenvalue weighted by atomic mass is 9.99. The summed E-state index contributed by atoms with van der Waals surface area (Å²) in [6, 6.07) is 3.78. The summed E-state index contributed by atoms with van der Waals surface area (Å²) in [6.07, 6.45) is 1.11. The average Bonchev–Trinajstić information content (AvgIpc) is 2.70. The molecule has 0 radical (unpaired) electrons. The Morgan fingerprint density at radius 3 is 2.80 bits per heavy atom. The molecule has 1 fully saturated rings. The SMILES string of the molecule is COc1ccc(C(=O)CN2CCCNCC2)c(C)c1C. The van der Waals surface area contributed by atoms with Crippen LogP contribution < -0.4 is 10.1 Å². The molecule has 0 saturated carbocycles. The van der Waals surface area contributed by atoms with Crippen LogP contribution in [0, 0.1) is 13.8 Å². The predicted molar refractivity (Wildman–Crippen MR) is 80.7 cm³/mol. The van der Waals surface area contributed by atoms with Crippen molar-refractivity contribution in [3.8, 4) is 5.75 Å². The zero-order valence-corrected chi connectivity index (χ0v) is 12.7. The standard InChI is InChI=1S/C16H24N2O2/c1-12-13(2)16(20-3)6-5-14(12)15(19)11-18-9-4-7-17-8-10-18/h5-6,17H,4,7-11H2,1-3H3. The number of hydrogen-bond acceptors (Lipinski definition) is 4. The van der Waals surface area contributed by atoms with Crippen molar-refractivity contribution in [1.82, 2.24) is 10.2 Å². The Morgan fingerprint density at radius 2 is 2.05 bits per heavy atom. The van der Waals surface area contributed by atoms with Gasteiger partial charge in [-0.15, -0.1) is 0 Å². The first-order valence-electron chi connectivity index (χ1n) is 7.24. The number of benzene rings is 1. The van der Waals surface area contributed by atoms with Gasteiger partial charge in [0.1, 0.15) is 5.75 Å². The summed E-state index contributed by atoms with van der Waals surface area (Å²) in [4.78, 5) is 14.7. The molecule has 1 aliphatic rings. The summed E-state index contributed by atoms with van der Waals surface area (Å²) >= 11 is 0. The highest BCUT2D eigenvalue weighted by molar-refractivity contribution is 5.99. The minimum Gasteiger partial charge on any atom is -0.496 e. The molecule has 1 heterocycles. The third-order valence-electron chi connectivity index (χ3n) is 4.06. The maximum absolute atomic E-state index is 12.5. The van der Waals surface area contributed by atoms with E-state index >= 15 is 0 Å². The molecule has 110 valence electrons. The topological polar surface area (TPSA) is 41.6 Å². The Hall–Kier alpha value is -1.39. The fourth-order valence-electron chi connectivity index (χ4n) is 2.67. The summed E-state index contributed by atoms with van der Waals surface area (Å²) in [5.41, 5.74) is 2.90. The fraction of sp³-hybridized carbons (Fsp3) is 0.562. The minimum absolute atomic E-state index is 0.204. The van der Waals surface area contributed by atoms with Crippen molar-refractivity contribution in [2.45, 2.75) is 20.3 Å². The van der Waals surface area contributed by atoms with Crippen LogP contribution in [-0.4, -0.2) is 50.5 Å². The number of carbonyl (C=O) groups is 1. The number of ketones is 1. The van der Waals surface area contributed by atoms with Gasteiger partial charge in [0.05, 0.1) is 13.7 Å². The molecule has 1 N–H and O–H groups in total. The van der Waals surface area contributed by atoms with Gasteiger partial charge < -0.3 is 10.1 Å². The lowest BCUT2D eigenvalue weighted by molar-refractivity contribution is 0.0934. The number of nitrogens with one attached hydrogen (secondary N) is 1. The van der Waals surface area contributed by atoms with Crippen LogP contribution in [0.3, 0.4) is 0 Å². The Labute approximate surface area is 121 Å². The van der Waals surface area contributed by atoms with Gasteiger partial charge in [0.15, 0.2) is 5.78 Å². The molecule has 0 amide bonds. The first-order chi connectivity index (χ1) is 9.63. The molecule has 0 aliphatic carbocycles. The van der Waals surface area contributed by atoms with E-state index in [0.29, 0.717) is 6.54 Å². The highest BCUT2D eigenvalue weighted by Crippen LogP contribution is 2.24. The van der Waals surface area contributed by atoms with Gasteiger partial charge >= 0.3 is 0 Å². The summed E-state index contributed by atoms with van der Waals surface area (Å²) < 4.78 is 5.30. The summed E-state index contributed by atoms with van der Waals surface area (Å²) in [5.74, 6) is 1.05. The minimum atomic E-state index is 0.204. The Kier molecular flexibility index (Phi) is 5.15. The molecule has 1 aliphatic heterocycles. The summed E-state index contributed by atoms with van der Waals surface area (Å²) in [6.45, 7) is 8.45. The van der Waals surface area contributed by atoms with Crippen molar-refractivity contribution >= 4 is 5.78 Å². The maximum atomic E-state index is 12.5. The molecular formula is C16H24N2O2. The number of carbonyl (C=O) groups excluding carboxylic acids is 1. The Bertz CT molecular complexity index is 478. The third-order valence-corrected chi connectivity index (χ3v) is 4.06. The molecule has 2 rings (SSSR count). The molecule has 0 atom stereocenters. The first-order valence-corrected chi connectivity index (χ1v) is 7.24. The molecule has 0 bridgehead atoms. The maximum Gasteiger partial charge on any atom is 0.177 e. The number of methoxy groups -OCH3 is 1. The van der Waals surface area contributed by atoms with E-state index in [4.69, 9.17) is 4.74 Å².